The maximum Gasteiger partial charge on any atom is 0.253 e. The van der Waals surface area contributed by atoms with Gasteiger partial charge in [-0.05, 0) is 38.0 Å². The van der Waals surface area contributed by atoms with Crippen LogP contribution in [0.25, 0.3) is 5.70 Å². The molecular formula is C22H24N2O2. The standard InChI is InChI=1S/C22H24N2O2/c1-22(2)14-17-11-10-16(21(26)24(3)4)12-18(17)19(23-22)13-20(25)15-8-6-5-7-9-15/h5-13,23H,14H2,1-4H3. The van der Waals surface area contributed by atoms with Gasteiger partial charge in [-0.1, -0.05) is 36.4 Å². The second-order valence-electron chi connectivity index (χ2n) is 7.55. The first kappa shape index (κ1) is 17.9. The summed E-state index contributed by atoms with van der Waals surface area (Å²) >= 11 is 0. The summed E-state index contributed by atoms with van der Waals surface area (Å²) in [6, 6.07) is 14.9. The molecule has 0 aliphatic carbocycles. The zero-order valence-electron chi connectivity index (χ0n) is 15.7. The zero-order valence-corrected chi connectivity index (χ0v) is 15.7. The van der Waals surface area contributed by atoms with E-state index >= 15 is 0 Å². The lowest BCUT2D eigenvalue weighted by Gasteiger charge is -2.36. The van der Waals surface area contributed by atoms with Crippen LogP contribution in [0.5, 0.6) is 0 Å². The van der Waals surface area contributed by atoms with Crippen LogP contribution < -0.4 is 5.32 Å². The second-order valence-corrected chi connectivity index (χ2v) is 7.55. The summed E-state index contributed by atoms with van der Waals surface area (Å²) in [5.74, 6) is -0.104. The summed E-state index contributed by atoms with van der Waals surface area (Å²) in [5.41, 5.74) is 3.92. The van der Waals surface area contributed by atoms with Crippen LogP contribution >= 0.6 is 0 Å². The predicted octanol–water partition coefficient (Wildman–Crippen LogP) is 3.54. The van der Waals surface area contributed by atoms with Gasteiger partial charge in [-0.2, -0.15) is 0 Å². The van der Waals surface area contributed by atoms with E-state index in [4.69, 9.17) is 0 Å². The van der Waals surface area contributed by atoms with Crippen molar-refractivity contribution >= 4 is 17.4 Å². The Morgan fingerprint density at radius 3 is 2.38 bits per heavy atom. The van der Waals surface area contributed by atoms with E-state index in [1.54, 1.807) is 37.2 Å². The van der Waals surface area contributed by atoms with E-state index in [0.717, 1.165) is 23.2 Å². The fourth-order valence-electron chi connectivity index (χ4n) is 3.26. The maximum absolute atomic E-state index is 12.7. The highest BCUT2D eigenvalue weighted by Gasteiger charge is 2.28. The molecule has 3 rings (SSSR count). The summed E-state index contributed by atoms with van der Waals surface area (Å²) < 4.78 is 0. The number of carbonyl (C=O) groups is 2. The van der Waals surface area contributed by atoms with Crippen molar-refractivity contribution in [1.82, 2.24) is 10.2 Å². The molecule has 0 radical (unpaired) electrons. The summed E-state index contributed by atoms with van der Waals surface area (Å²) in [7, 11) is 3.47. The number of nitrogens with zero attached hydrogens (tertiary/aromatic N) is 1. The molecule has 1 heterocycles. The van der Waals surface area contributed by atoms with Gasteiger partial charge in [0.25, 0.3) is 5.91 Å². The van der Waals surface area contributed by atoms with E-state index in [0.29, 0.717) is 11.1 Å². The molecule has 1 N–H and O–H groups in total. The third-order valence-electron chi connectivity index (χ3n) is 4.49. The Kier molecular flexibility index (Phi) is 4.68. The lowest BCUT2D eigenvalue weighted by Crippen LogP contribution is -2.44. The van der Waals surface area contributed by atoms with E-state index in [-0.39, 0.29) is 17.2 Å². The third kappa shape index (κ3) is 3.69. The highest BCUT2D eigenvalue weighted by molar-refractivity contribution is 6.08. The molecule has 1 amide bonds. The highest BCUT2D eigenvalue weighted by Crippen LogP contribution is 2.31. The fourth-order valence-corrected chi connectivity index (χ4v) is 3.26. The molecule has 4 heteroatoms. The number of hydrogen-bond acceptors (Lipinski definition) is 3. The number of allylic oxidation sites excluding steroid dienone is 1. The Balaban J connectivity index is 2.06. The smallest absolute Gasteiger partial charge is 0.253 e. The maximum atomic E-state index is 12.7. The lowest BCUT2D eigenvalue weighted by atomic mass is 9.84. The Labute approximate surface area is 154 Å². The van der Waals surface area contributed by atoms with Gasteiger partial charge in [-0.15, -0.1) is 0 Å². The number of ketones is 1. The number of amides is 1. The first-order valence-electron chi connectivity index (χ1n) is 8.71. The van der Waals surface area contributed by atoms with Gasteiger partial charge in [0.05, 0.1) is 0 Å². The first-order valence-corrected chi connectivity index (χ1v) is 8.71. The molecule has 0 saturated heterocycles. The quantitative estimate of drug-likeness (QED) is 0.682. The molecule has 2 aromatic rings. The van der Waals surface area contributed by atoms with E-state index in [1.165, 1.54) is 0 Å². The minimum Gasteiger partial charge on any atom is -0.379 e. The SMILES string of the molecule is CN(C)C(=O)c1ccc2c(c1)C(=CC(=O)c1ccccc1)NC(C)(C)C2. The minimum atomic E-state index is -0.164. The Bertz CT molecular complexity index is 880. The van der Waals surface area contributed by atoms with Crippen LogP contribution in [0.2, 0.25) is 0 Å². The lowest BCUT2D eigenvalue weighted by molar-refractivity contribution is 0.0827. The molecule has 0 unspecified atom stereocenters. The van der Waals surface area contributed by atoms with Crippen molar-refractivity contribution < 1.29 is 9.59 Å². The van der Waals surface area contributed by atoms with Crippen LogP contribution in [0.1, 0.15) is 45.7 Å². The van der Waals surface area contributed by atoms with E-state index in [2.05, 4.69) is 19.2 Å². The summed E-state index contributed by atoms with van der Waals surface area (Å²) in [5, 5.41) is 3.46. The van der Waals surface area contributed by atoms with E-state index in [1.807, 2.05) is 36.4 Å². The van der Waals surface area contributed by atoms with Crippen molar-refractivity contribution in [3.8, 4) is 0 Å². The van der Waals surface area contributed by atoms with Gasteiger partial charge >= 0.3 is 0 Å². The topological polar surface area (TPSA) is 49.4 Å². The van der Waals surface area contributed by atoms with Gasteiger partial charge in [0.1, 0.15) is 0 Å². The number of fused-ring (bicyclic) bond motifs is 1. The average Bonchev–Trinajstić information content (AvgIpc) is 2.60. The molecule has 0 saturated carbocycles. The second kappa shape index (κ2) is 6.79. The molecule has 0 fully saturated rings. The zero-order chi connectivity index (χ0) is 18.9. The minimum absolute atomic E-state index is 0.0497. The van der Waals surface area contributed by atoms with Crippen LogP contribution in [0.4, 0.5) is 0 Å². The van der Waals surface area contributed by atoms with E-state index < -0.39 is 0 Å². The molecule has 0 spiro atoms. The number of carbonyl (C=O) groups excluding carboxylic acids is 2. The van der Waals surface area contributed by atoms with Crippen LogP contribution in [0.15, 0.2) is 54.6 Å². The summed E-state index contributed by atoms with van der Waals surface area (Å²) in [6.07, 6.45) is 2.47. The van der Waals surface area contributed by atoms with Crippen LogP contribution in [0.3, 0.4) is 0 Å². The number of nitrogens with one attached hydrogen (secondary N) is 1. The monoisotopic (exact) mass is 348 g/mol. The van der Waals surface area contributed by atoms with Gasteiger partial charge in [0.2, 0.25) is 0 Å². The van der Waals surface area contributed by atoms with Crippen molar-refractivity contribution in [1.29, 1.82) is 0 Å². The summed E-state index contributed by atoms with van der Waals surface area (Å²) in [4.78, 5) is 26.6. The first-order chi connectivity index (χ1) is 12.3. The Morgan fingerprint density at radius 1 is 1.04 bits per heavy atom. The molecule has 1 aliphatic rings. The molecule has 0 atom stereocenters. The van der Waals surface area contributed by atoms with Gasteiger partial charge in [0.15, 0.2) is 5.78 Å². The van der Waals surface area contributed by atoms with Crippen molar-refractivity contribution in [2.75, 3.05) is 14.1 Å². The summed E-state index contributed by atoms with van der Waals surface area (Å²) in [6.45, 7) is 4.21. The van der Waals surface area contributed by atoms with Gasteiger partial charge in [-0.3, -0.25) is 9.59 Å². The average molecular weight is 348 g/mol. The Hall–Kier alpha value is -2.88. The van der Waals surface area contributed by atoms with Crippen molar-refractivity contribution in [2.24, 2.45) is 0 Å². The van der Waals surface area contributed by atoms with Crippen molar-refractivity contribution in [3.63, 3.8) is 0 Å². The van der Waals surface area contributed by atoms with Crippen LogP contribution in [0, 0.1) is 0 Å². The van der Waals surface area contributed by atoms with Crippen LogP contribution in [-0.4, -0.2) is 36.2 Å². The van der Waals surface area contributed by atoms with Gasteiger partial charge in [-0.25, -0.2) is 0 Å². The van der Waals surface area contributed by atoms with Crippen molar-refractivity contribution in [2.45, 2.75) is 25.8 Å². The Morgan fingerprint density at radius 2 is 1.73 bits per heavy atom. The number of hydrogen-bond donors (Lipinski definition) is 1. The number of benzene rings is 2. The normalized spacial score (nSPS) is 16.5. The molecule has 2 aromatic carbocycles. The fraction of sp³-hybridized carbons (Fsp3) is 0.273. The molecule has 26 heavy (non-hydrogen) atoms. The molecule has 0 bridgehead atoms. The molecule has 134 valence electrons. The predicted molar refractivity (Wildman–Crippen MR) is 104 cm³/mol. The van der Waals surface area contributed by atoms with Gasteiger partial charge in [0, 0.05) is 48.1 Å². The molecule has 4 nitrogen and oxygen atoms in total. The largest absolute Gasteiger partial charge is 0.379 e. The molecule has 1 aliphatic heterocycles. The van der Waals surface area contributed by atoms with Gasteiger partial charge < -0.3 is 10.2 Å². The van der Waals surface area contributed by atoms with E-state index in [9.17, 15) is 9.59 Å². The van der Waals surface area contributed by atoms with Crippen LogP contribution in [-0.2, 0) is 6.42 Å². The third-order valence-corrected chi connectivity index (χ3v) is 4.49. The van der Waals surface area contributed by atoms with Crippen molar-refractivity contribution in [3.05, 3.63) is 76.9 Å². The molecular weight excluding hydrogens is 324 g/mol. The number of rotatable bonds is 3. The highest BCUT2D eigenvalue weighted by atomic mass is 16.2. The molecule has 0 aromatic heterocycles.